The van der Waals surface area contributed by atoms with Crippen LogP contribution in [0.25, 0.3) is 5.82 Å². The molecule has 0 aliphatic carbocycles. The summed E-state index contributed by atoms with van der Waals surface area (Å²) in [6.45, 7) is 0.390. The van der Waals surface area contributed by atoms with Gasteiger partial charge in [0.05, 0.1) is 29.0 Å². The van der Waals surface area contributed by atoms with Crippen LogP contribution in [-0.2, 0) is 10.0 Å². The Morgan fingerprint density at radius 2 is 1.92 bits per heavy atom. The first kappa shape index (κ1) is 16.8. The average Bonchev–Trinajstić information content (AvgIpc) is 3.34. The highest BCUT2D eigenvalue weighted by Gasteiger charge is 2.37. The molecule has 1 aliphatic heterocycles. The van der Waals surface area contributed by atoms with Gasteiger partial charge in [-0.15, -0.1) is 0 Å². The molecule has 1 aliphatic rings. The Morgan fingerprint density at radius 3 is 2.65 bits per heavy atom. The molecule has 0 spiro atoms. The van der Waals surface area contributed by atoms with Crippen LogP contribution >= 0.6 is 0 Å². The summed E-state index contributed by atoms with van der Waals surface area (Å²) in [7, 11) is -3.74. The van der Waals surface area contributed by atoms with Gasteiger partial charge >= 0.3 is 0 Å². The Morgan fingerprint density at radius 1 is 1.12 bits per heavy atom. The van der Waals surface area contributed by atoms with Crippen LogP contribution in [0.5, 0.6) is 0 Å². The van der Waals surface area contributed by atoms with Crippen molar-refractivity contribution in [1.29, 1.82) is 0 Å². The second kappa shape index (κ2) is 6.58. The Balaban J connectivity index is 1.69. The molecule has 1 atom stereocenters. The zero-order chi connectivity index (χ0) is 18.1. The van der Waals surface area contributed by atoms with E-state index < -0.39 is 21.9 Å². The van der Waals surface area contributed by atoms with Crippen molar-refractivity contribution in [2.45, 2.75) is 23.8 Å². The van der Waals surface area contributed by atoms with Crippen molar-refractivity contribution in [2.75, 3.05) is 6.54 Å². The van der Waals surface area contributed by atoms with Crippen molar-refractivity contribution < 1.29 is 12.8 Å². The number of imidazole rings is 1. The van der Waals surface area contributed by atoms with E-state index in [1.807, 2.05) is 0 Å². The van der Waals surface area contributed by atoms with E-state index in [-0.39, 0.29) is 4.90 Å². The lowest BCUT2D eigenvalue weighted by molar-refractivity contribution is 0.389. The third kappa shape index (κ3) is 2.99. The minimum Gasteiger partial charge on any atom is -0.289 e. The first-order valence-electron chi connectivity index (χ1n) is 8.13. The molecule has 0 unspecified atom stereocenters. The molecule has 1 saturated heterocycles. The molecule has 4 rings (SSSR count). The third-order valence-electron chi connectivity index (χ3n) is 4.37. The topological polar surface area (TPSA) is 81.0 Å². The zero-order valence-corrected chi connectivity index (χ0v) is 14.6. The average molecular weight is 373 g/mol. The molecule has 0 amide bonds. The van der Waals surface area contributed by atoms with Gasteiger partial charge in [-0.25, -0.2) is 22.8 Å². The van der Waals surface area contributed by atoms with Crippen molar-refractivity contribution in [3.05, 3.63) is 66.9 Å². The summed E-state index contributed by atoms with van der Waals surface area (Å²) < 4.78 is 42.2. The lowest BCUT2D eigenvalue weighted by Crippen LogP contribution is -2.31. The van der Waals surface area contributed by atoms with Gasteiger partial charge in [-0.3, -0.25) is 9.55 Å². The number of hydrogen-bond donors (Lipinski definition) is 0. The molecule has 3 heterocycles. The van der Waals surface area contributed by atoms with Crippen LogP contribution in [-0.4, -0.2) is 38.8 Å². The van der Waals surface area contributed by atoms with Crippen molar-refractivity contribution in [1.82, 2.24) is 23.8 Å². The Kier molecular flexibility index (Phi) is 4.25. The van der Waals surface area contributed by atoms with Gasteiger partial charge in [0, 0.05) is 18.9 Å². The summed E-state index contributed by atoms with van der Waals surface area (Å²) in [5.41, 5.74) is 0.583. The molecule has 0 saturated carbocycles. The minimum absolute atomic E-state index is 0.0736. The predicted molar refractivity (Wildman–Crippen MR) is 91.4 cm³/mol. The monoisotopic (exact) mass is 373 g/mol. The Bertz CT molecular complexity index is 1010. The smallest absolute Gasteiger partial charge is 0.243 e. The number of rotatable bonds is 4. The van der Waals surface area contributed by atoms with E-state index in [0.29, 0.717) is 24.5 Å². The zero-order valence-electron chi connectivity index (χ0n) is 13.7. The maximum absolute atomic E-state index is 13.1. The van der Waals surface area contributed by atoms with Crippen LogP contribution < -0.4 is 0 Å². The SMILES string of the molecule is O=S(=O)(c1ccc(F)cc1)N1CCC[C@@H]1c1cncc(-n2ccnc2)n1. The van der Waals surface area contributed by atoms with E-state index in [2.05, 4.69) is 15.0 Å². The van der Waals surface area contributed by atoms with Crippen LogP contribution in [0.2, 0.25) is 0 Å². The summed E-state index contributed by atoms with van der Waals surface area (Å²) in [5, 5.41) is 0. The summed E-state index contributed by atoms with van der Waals surface area (Å²) in [6.07, 6.45) is 9.55. The van der Waals surface area contributed by atoms with Gasteiger partial charge < -0.3 is 0 Å². The molecule has 9 heteroatoms. The fourth-order valence-corrected chi connectivity index (χ4v) is 4.78. The molecular formula is C17H16FN5O2S. The largest absolute Gasteiger partial charge is 0.289 e. The Labute approximate surface area is 150 Å². The van der Waals surface area contributed by atoms with Crippen LogP contribution in [0.15, 0.2) is 60.3 Å². The van der Waals surface area contributed by atoms with Gasteiger partial charge in [-0.05, 0) is 37.1 Å². The van der Waals surface area contributed by atoms with Crippen LogP contribution in [0.4, 0.5) is 4.39 Å². The molecule has 1 fully saturated rings. The van der Waals surface area contributed by atoms with Gasteiger partial charge in [0.15, 0.2) is 5.82 Å². The normalized spacial score (nSPS) is 18.3. The van der Waals surface area contributed by atoms with Crippen molar-refractivity contribution in [3.63, 3.8) is 0 Å². The van der Waals surface area contributed by atoms with Crippen LogP contribution in [0, 0.1) is 5.82 Å². The minimum atomic E-state index is -3.74. The highest BCUT2D eigenvalue weighted by molar-refractivity contribution is 7.89. The molecule has 1 aromatic carbocycles. The van der Waals surface area contributed by atoms with Crippen molar-refractivity contribution >= 4 is 10.0 Å². The fourth-order valence-electron chi connectivity index (χ4n) is 3.12. The molecule has 7 nitrogen and oxygen atoms in total. The van der Waals surface area contributed by atoms with Gasteiger partial charge in [-0.1, -0.05) is 0 Å². The predicted octanol–water partition coefficient (Wildman–Crippen LogP) is 2.33. The van der Waals surface area contributed by atoms with E-state index >= 15 is 0 Å². The number of benzene rings is 1. The highest BCUT2D eigenvalue weighted by Crippen LogP contribution is 2.35. The highest BCUT2D eigenvalue weighted by atomic mass is 32.2. The van der Waals surface area contributed by atoms with Crippen LogP contribution in [0.1, 0.15) is 24.6 Å². The molecule has 2 aromatic heterocycles. The molecule has 0 radical (unpaired) electrons. The molecule has 0 bridgehead atoms. The van der Waals surface area contributed by atoms with E-state index in [4.69, 9.17) is 0 Å². The van der Waals surface area contributed by atoms with Crippen molar-refractivity contribution in [2.24, 2.45) is 0 Å². The molecule has 26 heavy (non-hydrogen) atoms. The van der Waals surface area contributed by atoms with E-state index in [1.165, 1.54) is 16.4 Å². The van der Waals surface area contributed by atoms with Gasteiger partial charge in [0.25, 0.3) is 0 Å². The van der Waals surface area contributed by atoms with E-state index in [9.17, 15) is 12.8 Å². The number of hydrogen-bond acceptors (Lipinski definition) is 5. The number of nitrogens with zero attached hydrogens (tertiary/aromatic N) is 5. The second-order valence-corrected chi connectivity index (χ2v) is 7.89. The molecular weight excluding hydrogens is 357 g/mol. The summed E-state index contributed by atoms with van der Waals surface area (Å²) >= 11 is 0. The maximum Gasteiger partial charge on any atom is 0.243 e. The Hall–Kier alpha value is -2.65. The summed E-state index contributed by atoms with van der Waals surface area (Å²) in [6, 6.07) is 4.47. The lowest BCUT2D eigenvalue weighted by atomic mass is 10.2. The lowest BCUT2D eigenvalue weighted by Gasteiger charge is -2.23. The van der Waals surface area contributed by atoms with Crippen molar-refractivity contribution in [3.8, 4) is 5.82 Å². The quantitative estimate of drug-likeness (QED) is 0.701. The summed E-state index contributed by atoms with van der Waals surface area (Å²) in [5.74, 6) is 0.104. The van der Waals surface area contributed by atoms with Gasteiger partial charge in [-0.2, -0.15) is 4.31 Å². The van der Waals surface area contributed by atoms with Gasteiger partial charge in [0.1, 0.15) is 12.1 Å². The maximum atomic E-state index is 13.1. The molecule has 0 N–H and O–H groups in total. The number of halogens is 1. The third-order valence-corrected chi connectivity index (χ3v) is 6.30. The number of sulfonamides is 1. The van der Waals surface area contributed by atoms with Crippen LogP contribution in [0.3, 0.4) is 0 Å². The first-order chi connectivity index (χ1) is 12.6. The van der Waals surface area contributed by atoms with E-state index in [1.54, 1.807) is 35.7 Å². The van der Waals surface area contributed by atoms with Gasteiger partial charge in [0.2, 0.25) is 10.0 Å². The molecule has 3 aromatic rings. The standard InChI is InChI=1S/C17H16FN5O2S/c18-13-3-5-14(6-4-13)26(24,25)23-8-1-2-16(23)15-10-20-11-17(21-15)22-9-7-19-12-22/h3-7,9-12,16H,1-2,8H2/t16-/m1/s1. The first-order valence-corrected chi connectivity index (χ1v) is 9.57. The summed E-state index contributed by atoms with van der Waals surface area (Å²) in [4.78, 5) is 12.8. The van der Waals surface area contributed by atoms with E-state index in [0.717, 1.165) is 18.6 Å². The number of aromatic nitrogens is 4. The fraction of sp³-hybridized carbons (Fsp3) is 0.235. The second-order valence-electron chi connectivity index (χ2n) is 6.00. The molecule has 134 valence electrons.